The van der Waals surface area contributed by atoms with E-state index in [1.165, 1.54) is 0 Å². The van der Waals surface area contributed by atoms with Crippen LogP contribution in [0, 0.1) is 0 Å². The van der Waals surface area contributed by atoms with Crippen molar-refractivity contribution in [1.82, 2.24) is 14.9 Å². The van der Waals surface area contributed by atoms with E-state index in [0.717, 1.165) is 21.3 Å². The monoisotopic (exact) mass is 399 g/mol. The predicted molar refractivity (Wildman–Crippen MR) is 100 cm³/mol. The maximum atomic E-state index is 6.30. The molecular formula is C17H11BrClN5. The summed E-state index contributed by atoms with van der Waals surface area (Å²) in [6.45, 7) is 0. The number of aromatic nitrogens is 3. The van der Waals surface area contributed by atoms with Gasteiger partial charge in [-0.25, -0.2) is 4.99 Å². The summed E-state index contributed by atoms with van der Waals surface area (Å²) in [5.74, 6) is 1.07. The number of benzene rings is 2. The average molecular weight is 401 g/mol. The average Bonchev–Trinajstić information content (AvgIpc) is 2.85. The Morgan fingerprint density at radius 1 is 1.00 bits per heavy atom. The lowest BCUT2D eigenvalue weighted by Crippen LogP contribution is -2.14. The zero-order valence-corrected chi connectivity index (χ0v) is 14.7. The second-order valence-electron chi connectivity index (χ2n) is 5.12. The Hall–Kier alpha value is -2.44. The highest BCUT2D eigenvalue weighted by molar-refractivity contribution is 9.10. The van der Waals surface area contributed by atoms with Gasteiger partial charge in [0, 0.05) is 16.3 Å². The molecule has 1 aromatic heterocycles. The van der Waals surface area contributed by atoms with Gasteiger partial charge in [-0.1, -0.05) is 51.8 Å². The van der Waals surface area contributed by atoms with Gasteiger partial charge in [0.15, 0.2) is 5.82 Å². The Labute approximate surface area is 151 Å². The summed E-state index contributed by atoms with van der Waals surface area (Å²) in [6.07, 6.45) is 3.60. The van der Waals surface area contributed by atoms with E-state index in [2.05, 4.69) is 36.5 Å². The third kappa shape index (κ3) is 2.74. The summed E-state index contributed by atoms with van der Waals surface area (Å²) in [6, 6.07) is 15.5. The number of nitrogens with zero attached hydrogens (tertiary/aromatic N) is 4. The fourth-order valence-electron chi connectivity index (χ4n) is 2.41. The molecule has 0 atom stereocenters. The zero-order valence-electron chi connectivity index (χ0n) is 12.3. The second-order valence-corrected chi connectivity index (χ2v) is 6.44. The van der Waals surface area contributed by atoms with Gasteiger partial charge in [-0.3, -0.25) is 5.43 Å². The number of halogens is 2. The molecule has 1 aliphatic heterocycles. The fraction of sp³-hybridized carbons (Fsp3) is 0. The Morgan fingerprint density at radius 3 is 2.58 bits per heavy atom. The van der Waals surface area contributed by atoms with Crippen LogP contribution in [-0.4, -0.2) is 21.1 Å². The Bertz CT molecular complexity index is 959. The van der Waals surface area contributed by atoms with E-state index in [-0.39, 0.29) is 0 Å². The Kier molecular flexibility index (Phi) is 3.92. The summed E-state index contributed by atoms with van der Waals surface area (Å²) in [7, 11) is 0. The highest BCUT2D eigenvalue weighted by Crippen LogP contribution is 2.29. The van der Waals surface area contributed by atoms with Gasteiger partial charge in [-0.15, -0.1) is 10.2 Å². The van der Waals surface area contributed by atoms with Gasteiger partial charge in [0.2, 0.25) is 0 Å². The fourth-order valence-corrected chi connectivity index (χ4v) is 2.89. The molecule has 1 aliphatic rings. The second kappa shape index (κ2) is 6.22. The summed E-state index contributed by atoms with van der Waals surface area (Å²) >= 11 is 9.75. The number of hydrogen-bond acceptors (Lipinski definition) is 4. The maximum absolute atomic E-state index is 6.30. The summed E-state index contributed by atoms with van der Waals surface area (Å²) in [4.78, 5) is 4.33. The zero-order chi connectivity index (χ0) is 16.5. The molecule has 0 aliphatic carbocycles. The van der Waals surface area contributed by atoms with E-state index in [4.69, 9.17) is 11.6 Å². The number of rotatable bonds is 2. The van der Waals surface area contributed by atoms with Crippen LogP contribution >= 0.6 is 27.5 Å². The molecule has 118 valence electrons. The first-order valence-electron chi connectivity index (χ1n) is 7.20. The third-order valence-electron chi connectivity index (χ3n) is 3.58. The molecule has 0 saturated carbocycles. The van der Waals surface area contributed by atoms with Crippen LogP contribution in [0.2, 0.25) is 5.02 Å². The highest BCUT2D eigenvalue weighted by Gasteiger charge is 2.18. The number of nitrogens with one attached hydrogen (secondary N) is 1. The summed E-state index contributed by atoms with van der Waals surface area (Å²) < 4.78 is 2.76. The van der Waals surface area contributed by atoms with Crippen molar-refractivity contribution in [1.29, 1.82) is 0 Å². The van der Waals surface area contributed by atoms with E-state index in [1.54, 1.807) is 10.9 Å². The van der Waals surface area contributed by atoms with Crippen molar-refractivity contribution < 1.29 is 0 Å². The highest BCUT2D eigenvalue weighted by atomic mass is 79.9. The smallest absolute Gasteiger partial charge is 0.270 e. The molecule has 1 N–H and O–H groups in total. The minimum Gasteiger partial charge on any atom is -0.289 e. The third-order valence-corrected chi connectivity index (χ3v) is 4.44. The minimum absolute atomic E-state index is 0.466. The van der Waals surface area contributed by atoms with E-state index in [1.807, 2.05) is 54.6 Å². The number of allylic oxidation sites excluding steroid dienone is 1. The first-order valence-corrected chi connectivity index (χ1v) is 8.37. The molecule has 0 saturated heterocycles. The first-order chi connectivity index (χ1) is 11.7. The largest absolute Gasteiger partial charge is 0.289 e. The van der Waals surface area contributed by atoms with Crippen molar-refractivity contribution in [3.63, 3.8) is 0 Å². The molecule has 7 heteroatoms. The molecule has 0 fully saturated rings. The van der Waals surface area contributed by atoms with Crippen molar-refractivity contribution in [2.45, 2.75) is 0 Å². The normalized spacial score (nSPS) is 13.0. The molecule has 2 aromatic carbocycles. The SMILES string of the molecule is Clc1ccccc1-c1nnc2n1NC(c1ccc(Br)cc1)=CC=N2. The van der Waals surface area contributed by atoms with Crippen molar-refractivity contribution in [2.24, 2.45) is 4.99 Å². The van der Waals surface area contributed by atoms with Gasteiger partial charge >= 0.3 is 0 Å². The van der Waals surface area contributed by atoms with E-state index in [9.17, 15) is 0 Å². The van der Waals surface area contributed by atoms with E-state index >= 15 is 0 Å². The van der Waals surface area contributed by atoms with Crippen LogP contribution < -0.4 is 5.43 Å². The van der Waals surface area contributed by atoms with Gasteiger partial charge in [0.05, 0.1) is 10.7 Å². The molecule has 0 radical (unpaired) electrons. The lowest BCUT2D eigenvalue weighted by atomic mass is 10.1. The topological polar surface area (TPSA) is 55.1 Å². The van der Waals surface area contributed by atoms with Crippen molar-refractivity contribution in [3.8, 4) is 11.4 Å². The molecule has 24 heavy (non-hydrogen) atoms. The van der Waals surface area contributed by atoms with Gasteiger partial charge in [-0.05, 0) is 35.9 Å². The van der Waals surface area contributed by atoms with Crippen LogP contribution in [0.4, 0.5) is 5.95 Å². The number of fused-ring (bicyclic) bond motifs is 1. The van der Waals surface area contributed by atoms with Crippen LogP contribution in [0.25, 0.3) is 17.1 Å². The molecule has 0 amide bonds. The van der Waals surface area contributed by atoms with Gasteiger partial charge in [0.25, 0.3) is 5.95 Å². The van der Waals surface area contributed by atoms with Crippen LogP contribution in [0.15, 0.2) is 64.1 Å². The van der Waals surface area contributed by atoms with Crippen molar-refractivity contribution in [2.75, 3.05) is 5.43 Å². The lowest BCUT2D eigenvalue weighted by molar-refractivity contribution is 0.967. The van der Waals surface area contributed by atoms with Crippen molar-refractivity contribution >= 4 is 45.4 Å². The molecular weight excluding hydrogens is 390 g/mol. The molecule has 2 heterocycles. The molecule has 0 bridgehead atoms. The molecule has 0 unspecified atom stereocenters. The molecule has 0 spiro atoms. The van der Waals surface area contributed by atoms with E-state index in [0.29, 0.717) is 16.8 Å². The van der Waals surface area contributed by atoms with Gasteiger partial charge in [-0.2, -0.15) is 4.68 Å². The first kappa shape index (κ1) is 15.1. The number of hydrogen-bond donors (Lipinski definition) is 1. The minimum atomic E-state index is 0.466. The predicted octanol–water partition coefficient (Wildman–Crippen LogP) is 4.66. The van der Waals surface area contributed by atoms with E-state index < -0.39 is 0 Å². The summed E-state index contributed by atoms with van der Waals surface area (Å²) in [5, 5.41) is 8.97. The Balaban J connectivity index is 1.78. The van der Waals surface area contributed by atoms with Crippen LogP contribution in [0.3, 0.4) is 0 Å². The number of aliphatic imine (C=N–C) groups is 1. The van der Waals surface area contributed by atoms with Gasteiger partial charge < -0.3 is 0 Å². The van der Waals surface area contributed by atoms with Crippen LogP contribution in [0.5, 0.6) is 0 Å². The van der Waals surface area contributed by atoms with Crippen molar-refractivity contribution in [3.05, 3.63) is 69.7 Å². The molecule has 3 aromatic rings. The molecule has 5 nitrogen and oxygen atoms in total. The maximum Gasteiger partial charge on any atom is 0.270 e. The van der Waals surface area contributed by atoms with Crippen LogP contribution in [0.1, 0.15) is 5.56 Å². The van der Waals surface area contributed by atoms with Crippen LogP contribution in [-0.2, 0) is 0 Å². The quantitative estimate of drug-likeness (QED) is 0.680. The Morgan fingerprint density at radius 2 is 1.79 bits per heavy atom. The molecule has 4 rings (SSSR count). The standard InChI is InChI=1S/C17H11BrClN5/c18-12-7-5-11(6-8-12)15-9-10-20-17-22-21-16(24(17)23-15)13-3-1-2-4-14(13)19/h1-10,23H. The van der Waals surface area contributed by atoms with Gasteiger partial charge in [0.1, 0.15) is 0 Å². The summed E-state index contributed by atoms with van der Waals surface area (Å²) in [5.41, 5.74) is 6.02. The lowest BCUT2D eigenvalue weighted by Gasteiger charge is -2.14.